The van der Waals surface area contributed by atoms with E-state index in [-0.39, 0.29) is 0 Å². The number of nitrogens with zero attached hydrogens (tertiary/aromatic N) is 1. The molecule has 14 heavy (non-hydrogen) atoms. The first-order chi connectivity index (χ1) is 6.70. The smallest absolute Gasteiger partial charge is 0.0135 e. The molecule has 3 unspecified atom stereocenters. The van der Waals surface area contributed by atoms with Crippen molar-refractivity contribution < 1.29 is 0 Å². The van der Waals surface area contributed by atoms with Crippen LogP contribution in [0.25, 0.3) is 0 Å². The van der Waals surface area contributed by atoms with E-state index in [1.54, 1.807) is 0 Å². The predicted octanol–water partition coefficient (Wildman–Crippen LogP) is 2.23. The molecule has 0 aliphatic heterocycles. The second-order valence-electron chi connectivity index (χ2n) is 4.80. The summed E-state index contributed by atoms with van der Waals surface area (Å²) in [6.07, 6.45) is 6.66. The Morgan fingerprint density at radius 2 is 2.14 bits per heavy atom. The second-order valence-corrected chi connectivity index (χ2v) is 4.80. The summed E-state index contributed by atoms with van der Waals surface area (Å²) in [5.74, 6) is 0.749. The Balaban J connectivity index is 2.45. The third kappa shape index (κ3) is 2.71. The van der Waals surface area contributed by atoms with Crippen LogP contribution < -0.4 is 5.73 Å². The first-order valence-electron chi connectivity index (χ1n) is 6.12. The van der Waals surface area contributed by atoms with Crippen molar-refractivity contribution in [2.75, 3.05) is 13.6 Å². The second kappa shape index (κ2) is 5.72. The highest BCUT2D eigenvalue weighted by molar-refractivity contribution is 4.86. The van der Waals surface area contributed by atoms with Crippen LogP contribution in [0.5, 0.6) is 0 Å². The van der Waals surface area contributed by atoms with E-state index >= 15 is 0 Å². The van der Waals surface area contributed by atoms with Gasteiger partial charge in [-0.25, -0.2) is 0 Å². The average Bonchev–Trinajstić information content (AvgIpc) is 2.64. The van der Waals surface area contributed by atoms with Gasteiger partial charge in [0, 0.05) is 12.1 Å². The van der Waals surface area contributed by atoms with Crippen molar-refractivity contribution in [3.05, 3.63) is 0 Å². The van der Waals surface area contributed by atoms with Crippen LogP contribution in [0.4, 0.5) is 0 Å². The van der Waals surface area contributed by atoms with Gasteiger partial charge in [-0.1, -0.05) is 19.8 Å². The Labute approximate surface area is 88.8 Å². The monoisotopic (exact) mass is 198 g/mol. The van der Waals surface area contributed by atoms with Crippen molar-refractivity contribution in [1.29, 1.82) is 0 Å². The van der Waals surface area contributed by atoms with Crippen molar-refractivity contribution in [2.24, 2.45) is 11.7 Å². The fraction of sp³-hybridized carbons (Fsp3) is 1.00. The normalized spacial score (nSPS) is 29.8. The zero-order valence-electron chi connectivity index (χ0n) is 10.00. The van der Waals surface area contributed by atoms with Gasteiger partial charge in [0.15, 0.2) is 0 Å². The molecule has 84 valence electrons. The van der Waals surface area contributed by atoms with E-state index in [1.165, 1.54) is 32.1 Å². The zero-order valence-corrected chi connectivity index (χ0v) is 10.00. The molecule has 0 spiro atoms. The van der Waals surface area contributed by atoms with Gasteiger partial charge in [-0.2, -0.15) is 0 Å². The van der Waals surface area contributed by atoms with Crippen molar-refractivity contribution in [2.45, 2.75) is 58.0 Å². The van der Waals surface area contributed by atoms with Crippen LogP contribution >= 0.6 is 0 Å². The van der Waals surface area contributed by atoms with Gasteiger partial charge >= 0.3 is 0 Å². The van der Waals surface area contributed by atoms with E-state index in [0.717, 1.165) is 24.5 Å². The van der Waals surface area contributed by atoms with E-state index in [4.69, 9.17) is 5.73 Å². The van der Waals surface area contributed by atoms with Crippen LogP contribution in [0.3, 0.4) is 0 Å². The molecule has 0 radical (unpaired) electrons. The van der Waals surface area contributed by atoms with Gasteiger partial charge in [-0.3, -0.25) is 0 Å². The van der Waals surface area contributed by atoms with Gasteiger partial charge in [0.1, 0.15) is 0 Å². The van der Waals surface area contributed by atoms with Crippen molar-refractivity contribution in [3.8, 4) is 0 Å². The lowest BCUT2D eigenvalue weighted by molar-refractivity contribution is 0.145. The fourth-order valence-electron chi connectivity index (χ4n) is 2.78. The summed E-state index contributed by atoms with van der Waals surface area (Å²) in [6.45, 7) is 5.47. The highest BCUT2D eigenvalue weighted by Crippen LogP contribution is 2.30. The van der Waals surface area contributed by atoms with Crippen LogP contribution in [-0.4, -0.2) is 30.6 Å². The van der Waals surface area contributed by atoms with Gasteiger partial charge in [-0.05, 0) is 45.7 Å². The van der Waals surface area contributed by atoms with E-state index < -0.39 is 0 Å². The van der Waals surface area contributed by atoms with E-state index in [0.29, 0.717) is 0 Å². The number of nitrogens with two attached hydrogens (primary N) is 1. The van der Waals surface area contributed by atoms with Gasteiger partial charge in [-0.15, -0.1) is 0 Å². The van der Waals surface area contributed by atoms with Gasteiger partial charge in [0.2, 0.25) is 0 Å². The summed E-state index contributed by atoms with van der Waals surface area (Å²) in [6, 6.07) is 1.47. The summed E-state index contributed by atoms with van der Waals surface area (Å²) in [5, 5.41) is 0. The van der Waals surface area contributed by atoms with Gasteiger partial charge in [0.25, 0.3) is 0 Å². The minimum atomic E-state index is 0.720. The van der Waals surface area contributed by atoms with Crippen LogP contribution in [0.2, 0.25) is 0 Å². The van der Waals surface area contributed by atoms with E-state index in [1.807, 2.05) is 0 Å². The predicted molar refractivity (Wildman–Crippen MR) is 62.3 cm³/mol. The molecule has 0 amide bonds. The standard InChI is InChI=1S/C12H26N2/c1-4-6-10(2)14(3)12-8-5-7-11(12)9-13/h10-12H,4-9,13H2,1-3H3. The third-order valence-corrected chi connectivity index (χ3v) is 3.85. The Kier molecular flexibility index (Phi) is 4.90. The van der Waals surface area contributed by atoms with E-state index in [2.05, 4.69) is 25.8 Å². The van der Waals surface area contributed by atoms with Crippen LogP contribution in [0, 0.1) is 5.92 Å². The molecule has 0 aromatic rings. The highest BCUT2D eigenvalue weighted by atomic mass is 15.2. The Morgan fingerprint density at radius 1 is 1.43 bits per heavy atom. The Hall–Kier alpha value is -0.0800. The summed E-state index contributed by atoms with van der Waals surface area (Å²) in [4.78, 5) is 2.56. The third-order valence-electron chi connectivity index (χ3n) is 3.85. The lowest BCUT2D eigenvalue weighted by Gasteiger charge is -2.34. The molecule has 2 N–H and O–H groups in total. The molecule has 2 nitrogen and oxygen atoms in total. The van der Waals surface area contributed by atoms with Gasteiger partial charge in [0.05, 0.1) is 0 Å². The molecular formula is C12H26N2. The molecule has 1 saturated carbocycles. The quantitative estimate of drug-likeness (QED) is 0.734. The summed E-state index contributed by atoms with van der Waals surface area (Å²) >= 11 is 0. The first kappa shape index (κ1) is 12.0. The summed E-state index contributed by atoms with van der Waals surface area (Å²) in [5.41, 5.74) is 5.81. The molecule has 0 aromatic carbocycles. The molecule has 0 aromatic heterocycles. The minimum absolute atomic E-state index is 0.720. The molecule has 0 saturated heterocycles. The van der Waals surface area contributed by atoms with E-state index in [9.17, 15) is 0 Å². The van der Waals surface area contributed by atoms with Crippen LogP contribution in [0.1, 0.15) is 46.0 Å². The molecule has 2 heteroatoms. The molecule has 1 aliphatic carbocycles. The van der Waals surface area contributed by atoms with Crippen LogP contribution in [0.15, 0.2) is 0 Å². The summed E-state index contributed by atoms with van der Waals surface area (Å²) < 4.78 is 0. The first-order valence-corrected chi connectivity index (χ1v) is 6.12. The summed E-state index contributed by atoms with van der Waals surface area (Å²) in [7, 11) is 2.28. The maximum absolute atomic E-state index is 5.81. The molecule has 1 aliphatic rings. The maximum atomic E-state index is 5.81. The Bertz CT molecular complexity index is 158. The molecular weight excluding hydrogens is 172 g/mol. The lowest BCUT2D eigenvalue weighted by atomic mass is 10.0. The lowest BCUT2D eigenvalue weighted by Crippen LogP contribution is -2.42. The molecule has 1 rings (SSSR count). The average molecular weight is 198 g/mol. The largest absolute Gasteiger partial charge is 0.330 e. The molecule has 3 atom stereocenters. The van der Waals surface area contributed by atoms with Crippen LogP contribution in [-0.2, 0) is 0 Å². The number of rotatable bonds is 5. The van der Waals surface area contributed by atoms with Crippen molar-refractivity contribution in [1.82, 2.24) is 4.90 Å². The Morgan fingerprint density at radius 3 is 2.71 bits per heavy atom. The van der Waals surface area contributed by atoms with Gasteiger partial charge < -0.3 is 10.6 Å². The fourth-order valence-corrected chi connectivity index (χ4v) is 2.78. The highest BCUT2D eigenvalue weighted by Gasteiger charge is 2.30. The number of hydrogen-bond acceptors (Lipinski definition) is 2. The van der Waals surface area contributed by atoms with Crippen molar-refractivity contribution in [3.63, 3.8) is 0 Å². The topological polar surface area (TPSA) is 29.3 Å². The minimum Gasteiger partial charge on any atom is -0.330 e. The molecule has 0 bridgehead atoms. The SMILES string of the molecule is CCCC(C)N(C)C1CCCC1CN. The van der Waals surface area contributed by atoms with Crippen molar-refractivity contribution >= 4 is 0 Å². The molecule has 0 heterocycles. The molecule has 1 fully saturated rings. The maximum Gasteiger partial charge on any atom is 0.0135 e. The zero-order chi connectivity index (χ0) is 10.6. The number of hydrogen-bond donors (Lipinski definition) is 1.